The molecule has 2 rings (SSSR count). The molecule has 0 saturated carbocycles. The maximum atomic E-state index is 8.65. The van der Waals surface area contributed by atoms with Gasteiger partial charge in [-0.05, 0) is 0 Å². The summed E-state index contributed by atoms with van der Waals surface area (Å²) in [5.41, 5.74) is 0. The molecule has 1 nitrogen and oxygen atoms in total. The molecule has 0 aromatic heterocycles. The minimum atomic E-state index is 1.44. The molecule has 0 bridgehead atoms. The Kier molecular flexibility index (Phi) is 9.92. The molecule has 2 heteroatoms. The van der Waals surface area contributed by atoms with E-state index in [4.69, 9.17) is 4.79 Å². The largest absolute Gasteiger partial charge is 0.214 e. The Morgan fingerprint density at radius 2 is 1.08 bits per heavy atom. The fraction of sp³-hybridized carbons (Fsp3) is 0. The van der Waals surface area contributed by atoms with Gasteiger partial charge in [0.15, 0.2) is 0 Å². The normalized spacial score (nSPS) is 6.92. The van der Waals surface area contributed by atoms with E-state index in [1.165, 1.54) is 4.59 Å². The van der Waals surface area contributed by atoms with Crippen LogP contribution in [0.15, 0.2) is 60.7 Å². The average molecular weight is 209 g/mol. The molecule has 0 amide bonds. The summed E-state index contributed by atoms with van der Waals surface area (Å²) in [6.07, 6.45) is 0. The van der Waals surface area contributed by atoms with Gasteiger partial charge in [-0.1, -0.05) is 0 Å². The van der Waals surface area contributed by atoms with Crippen LogP contribution < -0.4 is 0 Å². The molecule has 0 aliphatic heterocycles. The fourth-order valence-electron chi connectivity index (χ4n) is 0.642. The van der Waals surface area contributed by atoms with E-state index in [1.807, 2.05) is 60.7 Å². The number of carbonyl (C=O) groups excluding carboxylic acids is 1. The van der Waals surface area contributed by atoms with E-state index in [0.29, 0.717) is 0 Å². The Labute approximate surface area is 87.2 Å². The minimum Gasteiger partial charge on any atom is -0.214 e. The summed E-state index contributed by atoms with van der Waals surface area (Å²) in [5, 5.41) is 0. The monoisotopic (exact) mass is 209 g/mol. The molecule has 2 aromatic carbocycles. The van der Waals surface area contributed by atoms with Gasteiger partial charge in [0.1, 0.15) is 0 Å². The van der Waals surface area contributed by atoms with Gasteiger partial charge < -0.3 is 0 Å². The Bertz CT molecular complexity index is 215. The summed E-state index contributed by atoms with van der Waals surface area (Å²) in [5.74, 6) is 0. The second kappa shape index (κ2) is 10.9. The zero-order valence-corrected chi connectivity index (χ0v) is 8.53. The molecule has 0 N–H and O–H groups in total. The van der Waals surface area contributed by atoms with E-state index in [0.717, 1.165) is 0 Å². The van der Waals surface area contributed by atoms with Gasteiger partial charge in [0.25, 0.3) is 0 Å². The Hall–Kier alpha value is -1.14. The predicted molar refractivity (Wildman–Crippen MR) is 49.8 cm³/mol. The first-order valence-corrected chi connectivity index (χ1v) is 4.46. The third-order valence-corrected chi connectivity index (χ3v) is 1.11. The summed E-state index contributed by atoms with van der Waals surface area (Å²) in [4.78, 5) is 8.65. The van der Waals surface area contributed by atoms with Crippen molar-refractivity contribution in [2.24, 2.45) is 0 Å². The second-order valence-electron chi connectivity index (χ2n) is 2.02. The van der Waals surface area contributed by atoms with E-state index in [1.54, 1.807) is 17.0 Å². The van der Waals surface area contributed by atoms with Gasteiger partial charge in [0.05, 0.1) is 0 Å². The van der Waals surface area contributed by atoms with Crippen molar-refractivity contribution in [1.82, 2.24) is 0 Å². The maximum absolute atomic E-state index is 8.65. The molecule has 0 aliphatic rings. The van der Waals surface area contributed by atoms with Crippen molar-refractivity contribution in [1.29, 1.82) is 0 Å². The quantitative estimate of drug-likeness (QED) is 0.609. The molecule has 2 aromatic rings. The van der Waals surface area contributed by atoms with Crippen molar-refractivity contribution >= 4 is 4.59 Å². The van der Waals surface area contributed by atoms with Gasteiger partial charge in [-0.25, -0.2) is 24.3 Å². The van der Waals surface area contributed by atoms with E-state index < -0.39 is 0 Å². The summed E-state index contributed by atoms with van der Waals surface area (Å²) in [6.45, 7) is 0. The summed E-state index contributed by atoms with van der Waals surface area (Å²) in [7, 11) is 0. The van der Waals surface area contributed by atoms with Gasteiger partial charge in [-0.15, -0.1) is 0 Å². The van der Waals surface area contributed by atoms with Crippen LogP contribution >= 0.6 is 0 Å². The van der Waals surface area contributed by atoms with Crippen LogP contribution in [0.2, 0.25) is 0 Å². The molecule has 0 aliphatic carbocycles. The molecule has 0 unspecified atom stereocenters. The molecule has 13 heavy (non-hydrogen) atoms. The maximum Gasteiger partial charge on any atom is -0.172 e. The third kappa shape index (κ3) is 10.9. The molecule has 0 heterocycles. The smallest absolute Gasteiger partial charge is 0.172 e. The summed E-state index contributed by atoms with van der Waals surface area (Å²) >= 11 is 1.66. The molecular formula is C11H10OV. The van der Waals surface area contributed by atoms with Crippen LogP contribution in [0, 0.1) is 0 Å². The van der Waals surface area contributed by atoms with Gasteiger partial charge in [-0.3, -0.25) is 0 Å². The van der Waals surface area contributed by atoms with E-state index in [-0.39, 0.29) is 0 Å². The summed E-state index contributed by atoms with van der Waals surface area (Å²) < 4.78 is 1.44. The zero-order chi connectivity index (χ0) is 9.78. The van der Waals surface area contributed by atoms with E-state index >= 15 is 0 Å². The van der Waals surface area contributed by atoms with Crippen molar-refractivity contribution in [3.8, 4) is 0 Å². The predicted octanol–water partition coefficient (Wildman–Crippen LogP) is 2.41. The van der Waals surface area contributed by atoms with Crippen LogP contribution in [-0.2, 0) is 21.8 Å². The fourth-order valence-corrected chi connectivity index (χ4v) is 0.642. The van der Waals surface area contributed by atoms with Crippen molar-refractivity contribution in [3.05, 3.63) is 60.7 Å². The van der Waals surface area contributed by atoms with Crippen LogP contribution in [0.25, 0.3) is 0 Å². The number of hydrogen-bond acceptors (Lipinski definition) is 1. The molecule has 0 radical (unpaired) electrons. The topological polar surface area (TPSA) is 17.1 Å². The van der Waals surface area contributed by atoms with Crippen LogP contribution in [-0.4, -0.2) is 4.59 Å². The molecule has 65 valence electrons. The van der Waals surface area contributed by atoms with Crippen molar-refractivity contribution in [2.75, 3.05) is 0 Å². The zero-order valence-electron chi connectivity index (χ0n) is 7.13. The summed E-state index contributed by atoms with van der Waals surface area (Å²) in [6, 6.07) is 20.0. The molecular weight excluding hydrogens is 199 g/mol. The van der Waals surface area contributed by atoms with Gasteiger partial charge in [0.2, 0.25) is 0 Å². The first-order chi connectivity index (χ1) is 6.41. The van der Waals surface area contributed by atoms with E-state index in [2.05, 4.69) is 0 Å². The number of hydrogen-bond donors (Lipinski definition) is 0. The van der Waals surface area contributed by atoms with Crippen LogP contribution in [0.1, 0.15) is 0 Å². The first-order valence-electron chi connectivity index (χ1n) is 3.76. The molecule has 0 fully saturated rings. The molecule has 0 atom stereocenters. The number of rotatable bonds is 0. The van der Waals surface area contributed by atoms with Crippen molar-refractivity contribution in [3.63, 3.8) is 0 Å². The van der Waals surface area contributed by atoms with Crippen LogP contribution in [0.4, 0.5) is 0 Å². The first kappa shape index (κ1) is 11.9. The molecule has 0 spiro atoms. The van der Waals surface area contributed by atoms with Crippen LogP contribution in [0.3, 0.4) is 0 Å². The Morgan fingerprint density at radius 1 is 0.846 bits per heavy atom. The van der Waals surface area contributed by atoms with Crippen LogP contribution in [0.5, 0.6) is 0 Å². The van der Waals surface area contributed by atoms with Crippen molar-refractivity contribution < 1.29 is 21.8 Å². The molecule has 0 saturated heterocycles. The Morgan fingerprint density at radius 3 is 1.15 bits per heavy atom. The Balaban J connectivity index is 0.000000174. The standard InChI is InChI=1S/2C5H5.CO.V/c2*1-2-4-5-3-1;1-2;/h2*1-5H;;/q2*-1;;+2. The third-order valence-electron chi connectivity index (χ3n) is 1.11. The van der Waals surface area contributed by atoms with Gasteiger partial charge in [0, 0.05) is 0 Å². The van der Waals surface area contributed by atoms with E-state index in [9.17, 15) is 0 Å². The minimum absolute atomic E-state index is 1.44. The average Bonchev–Trinajstić information content (AvgIpc) is 2.85. The second-order valence-corrected chi connectivity index (χ2v) is 2.30. The SMILES string of the molecule is O=[C]=[V+2].c1cc[cH-]c1.c1cc[cH-]c1. The van der Waals surface area contributed by atoms with Gasteiger partial charge in [-0.2, -0.15) is 36.4 Å². The van der Waals surface area contributed by atoms with Gasteiger partial charge >= 0.3 is 26.4 Å². The van der Waals surface area contributed by atoms with Crippen molar-refractivity contribution in [2.45, 2.75) is 0 Å².